The average molecular weight is 301 g/mol. The summed E-state index contributed by atoms with van der Waals surface area (Å²) in [5.41, 5.74) is 1.16. The molecular weight excluding hydrogens is 282 g/mol. The highest BCUT2D eigenvalue weighted by molar-refractivity contribution is 5.76. The van der Waals surface area contributed by atoms with Crippen LogP contribution in [0.4, 0.5) is 0 Å². The van der Waals surface area contributed by atoms with E-state index in [0.717, 1.165) is 16.6 Å². The van der Waals surface area contributed by atoms with Gasteiger partial charge in [-0.1, -0.05) is 31.2 Å². The maximum absolute atomic E-state index is 12.0. The molecule has 2 aromatic rings. The molecular formula is C16H19N3O3. The van der Waals surface area contributed by atoms with Crippen molar-refractivity contribution >= 4 is 5.91 Å². The fourth-order valence-electron chi connectivity index (χ4n) is 2.14. The van der Waals surface area contributed by atoms with Crippen LogP contribution in [-0.2, 0) is 17.8 Å². The van der Waals surface area contributed by atoms with Gasteiger partial charge in [0.2, 0.25) is 5.91 Å². The molecule has 6 nitrogen and oxygen atoms in total. The lowest BCUT2D eigenvalue weighted by atomic mass is 10.1. The first kappa shape index (κ1) is 15.8. The summed E-state index contributed by atoms with van der Waals surface area (Å²) in [6, 6.07) is 9.08. The quantitative estimate of drug-likeness (QED) is 0.863. The van der Waals surface area contributed by atoms with Gasteiger partial charge in [0.15, 0.2) is 0 Å². The van der Waals surface area contributed by atoms with Crippen LogP contribution in [0.3, 0.4) is 0 Å². The second kappa shape index (κ2) is 6.89. The van der Waals surface area contributed by atoms with Gasteiger partial charge in [0, 0.05) is 12.3 Å². The molecule has 0 radical (unpaired) electrons. The standard InChI is InChI=1S/C16H19N3O3/c1-3-12-4-6-13(7-5-12)11(2)17-15(21)10-19-9-8-14(20)18-16(19)22/h4-9,11H,3,10H2,1-2H3,(H,17,21)(H,18,20,22). The molecule has 2 N–H and O–H groups in total. The van der Waals surface area contributed by atoms with Crippen LogP contribution in [0.5, 0.6) is 0 Å². The first-order valence-electron chi connectivity index (χ1n) is 7.17. The molecule has 0 bridgehead atoms. The van der Waals surface area contributed by atoms with Crippen molar-refractivity contribution in [3.8, 4) is 0 Å². The Morgan fingerprint density at radius 3 is 2.50 bits per heavy atom. The van der Waals surface area contributed by atoms with E-state index in [4.69, 9.17) is 0 Å². The topological polar surface area (TPSA) is 84.0 Å². The van der Waals surface area contributed by atoms with Gasteiger partial charge in [0.1, 0.15) is 6.54 Å². The third-order valence-corrected chi connectivity index (χ3v) is 3.48. The zero-order chi connectivity index (χ0) is 16.1. The minimum atomic E-state index is -0.595. The van der Waals surface area contributed by atoms with E-state index in [9.17, 15) is 14.4 Å². The lowest BCUT2D eigenvalue weighted by Crippen LogP contribution is -2.36. The number of H-pyrrole nitrogens is 1. The van der Waals surface area contributed by atoms with Crippen LogP contribution in [-0.4, -0.2) is 15.5 Å². The first-order chi connectivity index (χ1) is 10.5. The minimum absolute atomic E-state index is 0.132. The van der Waals surface area contributed by atoms with E-state index < -0.39 is 11.2 Å². The van der Waals surface area contributed by atoms with Gasteiger partial charge in [-0.25, -0.2) is 4.79 Å². The fourth-order valence-corrected chi connectivity index (χ4v) is 2.14. The first-order valence-corrected chi connectivity index (χ1v) is 7.17. The van der Waals surface area contributed by atoms with Crippen molar-refractivity contribution in [2.75, 3.05) is 0 Å². The molecule has 22 heavy (non-hydrogen) atoms. The van der Waals surface area contributed by atoms with Crippen LogP contribution in [0.25, 0.3) is 0 Å². The van der Waals surface area contributed by atoms with Crippen LogP contribution < -0.4 is 16.6 Å². The van der Waals surface area contributed by atoms with E-state index in [-0.39, 0.29) is 18.5 Å². The SMILES string of the molecule is CCc1ccc(C(C)NC(=O)Cn2ccc(=O)[nH]c2=O)cc1. The maximum Gasteiger partial charge on any atom is 0.328 e. The van der Waals surface area contributed by atoms with Crippen LogP contribution in [0.1, 0.15) is 31.0 Å². The van der Waals surface area contributed by atoms with E-state index in [0.29, 0.717) is 0 Å². The van der Waals surface area contributed by atoms with Crippen LogP contribution in [0.2, 0.25) is 0 Å². The van der Waals surface area contributed by atoms with Crippen molar-refractivity contribution in [2.24, 2.45) is 0 Å². The third-order valence-electron chi connectivity index (χ3n) is 3.48. The molecule has 0 spiro atoms. The molecule has 116 valence electrons. The molecule has 2 rings (SSSR count). The molecule has 0 fully saturated rings. The summed E-state index contributed by atoms with van der Waals surface area (Å²) < 4.78 is 1.16. The monoisotopic (exact) mass is 301 g/mol. The van der Waals surface area contributed by atoms with Gasteiger partial charge in [-0.05, 0) is 24.5 Å². The normalized spacial score (nSPS) is 11.9. The number of hydrogen-bond donors (Lipinski definition) is 2. The van der Waals surface area contributed by atoms with E-state index in [2.05, 4.69) is 17.2 Å². The van der Waals surface area contributed by atoms with Gasteiger partial charge in [0.25, 0.3) is 5.56 Å². The van der Waals surface area contributed by atoms with Crippen LogP contribution in [0.15, 0.2) is 46.1 Å². The lowest BCUT2D eigenvalue weighted by Gasteiger charge is -2.15. The summed E-state index contributed by atoms with van der Waals surface area (Å²) in [6.45, 7) is 3.84. The van der Waals surface area contributed by atoms with Crippen molar-refractivity contribution in [1.82, 2.24) is 14.9 Å². The summed E-state index contributed by atoms with van der Waals surface area (Å²) in [5, 5.41) is 2.83. The molecule has 6 heteroatoms. The summed E-state index contributed by atoms with van der Waals surface area (Å²) in [5.74, 6) is -0.291. The third kappa shape index (κ3) is 3.94. The summed E-state index contributed by atoms with van der Waals surface area (Å²) in [4.78, 5) is 36.6. The summed E-state index contributed by atoms with van der Waals surface area (Å²) >= 11 is 0. The number of benzene rings is 1. The van der Waals surface area contributed by atoms with Gasteiger partial charge in [-0.15, -0.1) is 0 Å². The molecule has 0 saturated heterocycles. The molecule has 1 aromatic heterocycles. The van der Waals surface area contributed by atoms with Crippen molar-refractivity contribution in [3.63, 3.8) is 0 Å². The number of aryl methyl sites for hydroxylation is 1. The van der Waals surface area contributed by atoms with Gasteiger partial charge in [-0.3, -0.25) is 19.1 Å². The highest BCUT2D eigenvalue weighted by atomic mass is 16.2. The predicted octanol–water partition coefficient (Wildman–Crippen LogP) is 0.976. The van der Waals surface area contributed by atoms with E-state index in [1.54, 1.807) is 0 Å². The largest absolute Gasteiger partial charge is 0.348 e. The summed E-state index contributed by atoms with van der Waals surface area (Å²) in [7, 11) is 0. The number of aromatic amines is 1. The van der Waals surface area contributed by atoms with Gasteiger partial charge >= 0.3 is 5.69 Å². The number of carbonyl (C=O) groups excluding carboxylic acids is 1. The number of rotatable bonds is 5. The zero-order valence-corrected chi connectivity index (χ0v) is 12.6. The fraction of sp³-hybridized carbons (Fsp3) is 0.312. The second-order valence-corrected chi connectivity index (χ2v) is 5.12. The maximum atomic E-state index is 12.0. The number of nitrogens with one attached hydrogen (secondary N) is 2. The molecule has 1 aromatic carbocycles. The molecule has 0 aliphatic rings. The van der Waals surface area contributed by atoms with Gasteiger partial charge in [0.05, 0.1) is 6.04 Å². The molecule has 1 unspecified atom stereocenters. The summed E-state index contributed by atoms with van der Waals surface area (Å²) in [6.07, 6.45) is 2.28. The Hall–Kier alpha value is -2.63. The molecule has 1 atom stereocenters. The Labute approximate surface area is 127 Å². The number of aromatic nitrogens is 2. The Kier molecular flexibility index (Phi) is 4.93. The Morgan fingerprint density at radius 2 is 1.91 bits per heavy atom. The number of nitrogens with zero attached hydrogens (tertiary/aromatic N) is 1. The highest BCUT2D eigenvalue weighted by Gasteiger charge is 2.10. The molecule has 0 aliphatic heterocycles. The van der Waals surface area contributed by atoms with Gasteiger partial charge in [-0.2, -0.15) is 0 Å². The lowest BCUT2D eigenvalue weighted by molar-refractivity contribution is -0.122. The van der Waals surface area contributed by atoms with E-state index >= 15 is 0 Å². The van der Waals surface area contributed by atoms with Crippen molar-refractivity contribution in [2.45, 2.75) is 32.9 Å². The Bertz CT molecular complexity index is 759. The molecule has 0 aliphatic carbocycles. The van der Waals surface area contributed by atoms with Crippen molar-refractivity contribution in [1.29, 1.82) is 0 Å². The zero-order valence-electron chi connectivity index (χ0n) is 12.6. The number of carbonyl (C=O) groups is 1. The number of amides is 1. The Morgan fingerprint density at radius 1 is 1.23 bits per heavy atom. The smallest absolute Gasteiger partial charge is 0.328 e. The molecule has 0 saturated carbocycles. The molecule has 1 heterocycles. The van der Waals surface area contributed by atoms with Crippen molar-refractivity contribution < 1.29 is 4.79 Å². The van der Waals surface area contributed by atoms with Crippen molar-refractivity contribution in [3.05, 3.63) is 68.5 Å². The average Bonchev–Trinajstić information content (AvgIpc) is 2.50. The highest BCUT2D eigenvalue weighted by Crippen LogP contribution is 2.13. The van der Waals surface area contributed by atoms with Crippen LogP contribution >= 0.6 is 0 Å². The van der Waals surface area contributed by atoms with Gasteiger partial charge < -0.3 is 5.32 Å². The van der Waals surface area contributed by atoms with E-state index in [1.165, 1.54) is 17.8 Å². The number of hydrogen-bond acceptors (Lipinski definition) is 3. The predicted molar refractivity (Wildman–Crippen MR) is 83.7 cm³/mol. The van der Waals surface area contributed by atoms with E-state index in [1.807, 2.05) is 31.2 Å². The minimum Gasteiger partial charge on any atom is -0.348 e. The van der Waals surface area contributed by atoms with Crippen LogP contribution in [0, 0.1) is 0 Å². The second-order valence-electron chi connectivity index (χ2n) is 5.12. The Balaban J connectivity index is 2.01. The molecule has 1 amide bonds.